The summed E-state index contributed by atoms with van der Waals surface area (Å²) in [5.41, 5.74) is 5.64. The summed E-state index contributed by atoms with van der Waals surface area (Å²) in [5.74, 6) is -2.49. The number of rotatable bonds is 20. The molecule has 55 heavy (non-hydrogen) atoms. The molecule has 0 atom stereocenters. The third-order valence-corrected chi connectivity index (χ3v) is 11.5. The highest BCUT2D eigenvalue weighted by atomic mass is 32.1. The highest BCUT2D eigenvalue weighted by Crippen LogP contribution is 2.39. The van der Waals surface area contributed by atoms with Gasteiger partial charge < -0.3 is 15.1 Å². The number of carboxylic acids is 2. The first-order valence-corrected chi connectivity index (χ1v) is 20.4. The third kappa shape index (κ3) is 11.6. The van der Waals surface area contributed by atoms with Crippen LogP contribution in [-0.4, -0.2) is 22.2 Å². The molecule has 2 aromatic heterocycles. The summed E-state index contributed by atoms with van der Waals surface area (Å²) in [4.78, 5) is 28.2. The number of aliphatic carboxylic acids is 2. The highest BCUT2D eigenvalue weighted by molar-refractivity contribution is 7.16. The zero-order chi connectivity index (χ0) is 39.0. The number of carboxylic acid groups (broad SMARTS) is 2. The van der Waals surface area contributed by atoms with Crippen LogP contribution in [0.25, 0.3) is 33.0 Å². The maximum atomic E-state index is 11.3. The van der Waals surface area contributed by atoms with Crippen molar-refractivity contribution in [2.75, 3.05) is 4.90 Å². The Kier molecular flexibility index (Phi) is 15.2. The predicted octanol–water partition coefficient (Wildman–Crippen LogP) is 13.1. The number of nitrogens with zero attached hydrogens (tertiary/aromatic N) is 3. The van der Waals surface area contributed by atoms with Crippen LogP contribution in [0.4, 0.5) is 17.1 Å². The van der Waals surface area contributed by atoms with Gasteiger partial charge in [0.1, 0.15) is 23.3 Å². The fourth-order valence-corrected chi connectivity index (χ4v) is 8.28. The molecule has 0 radical (unpaired) electrons. The molecule has 9 heteroatoms. The number of hydrogen-bond acceptors (Lipinski definition) is 7. The second-order valence-corrected chi connectivity index (χ2v) is 15.6. The van der Waals surface area contributed by atoms with Crippen molar-refractivity contribution in [1.29, 1.82) is 10.5 Å². The lowest BCUT2D eigenvalue weighted by atomic mass is 10.0. The quantitative estimate of drug-likeness (QED) is 0.0459. The van der Waals surface area contributed by atoms with E-state index >= 15 is 0 Å². The van der Waals surface area contributed by atoms with Crippen LogP contribution in [0.1, 0.15) is 86.4 Å². The van der Waals surface area contributed by atoms with Crippen molar-refractivity contribution in [3.8, 4) is 33.0 Å². The van der Waals surface area contributed by atoms with Gasteiger partial charge >= 0.3 is 11.9 Å². The van der Waals surface area contributed by atoms with Crippen LogP contribution >= 0.6 is 22.7 Å². The number of aryl methyl sites for hydroxylation is 1. The topological polar surface area (TPSA) is 125 Å². The first-order valence-electron chi connectivity index (χ1n) is 18.8. The second kappa shape index (κ2) is 20.6. The standard InChI is InChI=1S/C46H45N3O4S2/c1-2-3-4-5-6-7-8-9-10-11-12-33-13-19-38(20-14-33)49(39-21-15-34(16-22-39)43-27-25-41(54-43)29-36(31-47)45(50)51)40-23-17-35(18-24-40)44-28-26-42(55-44)30-37(32-48)46(52)53/h13-30H,2-12H2,1H3,(H,50,51)(H,52,53)/b36-29-,37-30-. The Labute approximate surface area is 331 Å². The van der Waals surface area contributed by atoms with Crippen molar-refractivity contribution in [1.82, 2.24) is 0 Å². The van der Waals surface area contributed by atoms with Gasteiger partial charge in [-0.05, 0) is 102 Å². The average molecular weight is 768 g/mol. The van der Waals surface area contributed by atoms with E-state index in [1.807, 2.05) is 48.5 Å². The van der Waals surface area contributed by atoms with E-state index in [9.17, 15) is 19.8 Å². The van der Waals surface area contributed by atoms with Gasteiger partial charge in [-0.15, -0.1) is 22.7 Å². The SMILES string of the molecule is CCCCCCCCCCCCc1ccc(N(c2ccc(-c3ccc(/C=C(/C#N)C(=O)O)s3)cc2)c2ccc(-c3ccc(/C=C(/C#N)C(=O)O)s3)cc2)cc1. The molecule has 0 saturated carbocycles. The normalized spacial score (nSPS) is 11.5. The molecule has 5 aromatic rings. The molecule has 0 bridgehead atoms. The molecule has 0 fully saturated rings. The molecular weight excluding hydrogens is 723 g/mol. The molecule has 7 nitrogen and oxygen atoms in total. The summed E-state index contributed by atoms with van der Waals surface area (Å²) in [5, 5.41) is 36.8. The van der Waals surface area contributed by atoms with Gasteiger partial charge in [0.25, 0.3) is 0 Å². The van der Waals surface area contributed by atoms with Gasteiger partial charge in [0.15, 0.2) is 0 Å². The predicted molar refractivity (Wildman–Crippen MR) is 226 cm³/mol. The van der Waals surface area contributed by atoms with Gasteiger partial charge in [0, 0.05) is 36.6 Å². The fourth-order valence-electron chi connectivity index (χ4n) is 6.36. The van der Waals surface area contributed by atoms with Crippen molar-refractivity contribution >= 4 is 63.8 Å². The molecule has 0 unspecified atom stereocenters. The van der Waals surface area contributed by atoms with Crippen LogP contribution in [0.5, 0.6) is 0 Å². The molecule has 0 aliphatic rings. The maximum absolute atomic E-state index is 11.3. The Morgan fingerprint density at radius 3 is 1.33 bits per heavy atom. The highest BCUT2D eigenvalue weighted by Gasteiger charge is 2.15. The Morgan fingerprint density at radius 1 is 0.564 bits per heavy atom. The number of nitriles is 2. The summed E-state index contributed by atoms with van der Waals surface area (Å²) < 4.78 is 0. The first kappa shape index (κ1) is 40.4. The minimum atomic E-state index is -1.25. The van der Waals surface area contributed by atoms with E-state index in [1.54, 1.807) is 12.1 Å². The number of anilines is 3. The van der Waals surface area contributed by atoms with Crippen LogP contribution in [0.2, 0.25) is 0 Å². The zero-order valence-electron chi connectivity index (χ0n) is 31.0. The van der Waals surface area contributed by atoms with E-state index in [0.29, 0.717) is 9.75 Å². The van der Waals surface area contributed by atoms with Crippen LogP contribution in [0.15, 0.2) is 108 Å². The Morgan fingerprint density at radius 2 is 0.945 bits per heavy atom. The van der Waals surface area contributed by atoms with Crippen molar-refractivity contribution in [3.63, 3.8) is 0 Å². The van der Waals surface area contributed by atoms with Gasteiger partial charge in [0.05, 0.1) is 0 Å². The van der Waals surface area contributed by atoms with E-state index in [4.69, 9.17) is 10.5 Å². The minimum Gasteiger partial charge on any atom is -0.477 e. The summed E-state index contributed by atoms with van der Waals surface area (Å²) in [7, 11) is 0. The Bertz CT molecular complexity index is 2060. The molecule has 3 aromatic carbocycles. The Balaban J connectivity index is 1.34. The fraction of sp³-hybridized carbons (Fsp3) is 0.261. The first-order chi connectivity index (χ1) is 26.8. The van der Waals surface area contributed by atoms with Gasteiger partial charge in [-0.1, -0.05) is 101 Å². The molecule has 2 heterocycles. The van der Waals surface area contributed by atoms with Crippen molar-refractivity contribution in [2.45, 2.75) is 77.6 Å². The maximum Gasteiger partial charge on any atom is 0.346 e. The van der Waals surface area contributed by atoms with Crippen LogP contribution in [0.3, 0.4) is 0 Å². The molecule has 2 N–H and O–H groups in total. The molecule has 0 amide bonds. The third-order valence-electron chi connectivity index (χ3n) is 9.36. The van der Waals surface area contributed by atoms with Gasteiger partial charge in [-0.25, -0.2) is 9.59 Å². The second-order valence-electron chi connectivity index (χ2n) is 13.4. The Hall–Kier alpha value is -5.74. The summed E-state index contributed by atoms with van der Waals surface area (Å²) >= 11 is 2.85. The van der Waals surface area contributed by atoms with Crippen LogP contribution in [-0.2, 0) is 16.0 Å². The lowest BCUT2D eigenvalue weighted by Gasteiger charge is -2.26. The zero-order valence-corrected chi connectivity index (χ0v) is 32.7. The van der Waals surface area contributed by atoms with Crippen LogP contribution < -0.4 is 4.90 Å². The lowest BCUT2D eigenvalue weighted by Crippen LogP contribution is -2.10. The smallest absolute Gasteiger partial charge is 0.346 e. The summed E-state index contributed by atoms with van der Waals surface area (Å²) in [6, 6.07) is 36.2. The number of hydrogen-bond donors (Lipinski definition) is 2. The number of thiophene rings is 2. The largest absolute Gasteiger partial charge is 0.477 e. The lowest BCUT2D eigenvalue weighted by molar-refractivity contribution is -0.133. The van der Waals surface area contributed by atoms with Crippen molar-refractivity contribution < 1.29 is 19.8 Å². The molecule has 280 valence electrons. The molecule has 0 aliphatic heterocycles. The summed E-state index contributed by atoms with van der Waals surface area (Å²) in [6.07, 6.45) is 17.0. The molecular formula is C46H45N3O4S2. The van der Waals surface area contributed by atoms with E-state index in [0.717, 1.165) is 44.4 Å². The summed E-state index contributed by atoms with van der Waals surface area (Å²) in [6.45, 7) is 2.26. The van der Waals surface area contributed by atoms with E-state index in [1.165, 1.54) is 105 Å². The number of benzene rings is 3. The monoisotopic (exact) mass is 767 g/mol. The van der Waals surface area contributed by atoms with Crippen LogP contribution in [0, 0.1) is 22.7 Å². The van der Waals surface area contributed by atoms with E-state index in [2.05, 4.69) is 60.4 Å². The minimum absolute atomic E-state index is 0.303. The van der Waals surface area contributed by atoms with Gasteiger partial charge in [-0.3, -0.25) is 0 Å². The van der Waals surface area contributed by atoms with E-state index in [-0.39, 0.29) is 11.1 Å². The van der Waals surface area contributed by atoms with Gasteiger partial charge in [0.2, 0.25) is 0 Å². The number of carbonyl (C=O) groups is 2. The van der Waals surface area contributed by atoms with E-state index < -0.39 is 11.9 Å². The molecule has 0 saturated heterocycles. The number of unbranched alkanes of at least 4 members (excludes halogenated alkanes) is 9. The van der Waals surface area contributed by atoms with Gasteiger partial charge in [-0.2, -0.15) is 10.5 Å². The molecule has 0 spiro atoms. The average Bonchev–Trinajstić information content (AvgIpc) is 3.88. The molecule has 0 aliphatic carbocycles. The van der Waals surface area contributed by atoms with Crippen molar-refractivity contribution in [3.05, 3.63) is 124 Å². The van der Waals surface area contributed by atoms with Crippen molar-refractivity contribution in [2.24, 2.45) is 0 Å². The molecule has 5 rings (SSSR count).